The quantitative estimate of drug-likeness (QED) is 0.782. The maximum absolute atomic E-state index is 13.6. The van der Waals surface area contributed by atoms with Gasteiger partial charge in [-0.1, -0.05) is 13.8 Å². The van der Waals surface area contributed by atoms with Crippen molar-refractivity contribution in [1.29, 1.82) is 5.26 Å². The molecule has 1 aromatic carbocycles. The molecule has 1 saturated heterocycles. The van der Waals surface area contributed by atoms with Crippen LogP contribution in [0.2, 0.25) is 0 Å². The van der Waals surface area contributed by atoms with Crippen LogP contribution in [0.3, 0.4) is 0 Å². The molecule has 1 aliphatic heterocycles. The minimum absolute atomic E-state index is 0.130. The average molecular weight is 264 g/mol. The highest BCUT2D eigenvalue weighted by Gasteiger charge is 2.44. The summed E-state index contributed by atoms with van der Waals surface area (Å²) in [5.74, 6) is -2.05. The fraction of sp³-hybridized carbons (Fsp3) is 0.429. The molecule has 0 aromatic heterocycles. The molecule has 19 heavy (non-hydrogen) atoms. The summed E-state index contributed by atoms with van der Waals surface area (Å²) >= 11 is 0. The van der Waals surface area contributed by atoms with Gasteiger partial charge >= 0.3 is 0 Å². The van der Waals surface area contributed by atoms with E-state index in [1.807, 2.05) is 20.8 Å². The molecular formula is C14H14F2N2O. The van der Waals surface area contributed by atoms with Crippen molar-refractivity contribution in [1.82, 2.24) is 0 Å². The summed E-state index contributed by atoms with van der Waals surface area (Å²) in [5, 5.41) is 8.63. The second-order valence-electron chi connectivity index (χ2n) is 5.51. The molecule has 0 radical (unpaired) electrons. The van der Waals surface area contributed by atoms with Crippen LogP contribution in [-0.2, 0) is 4.79 Å². The third-order valence-corrected chi connectivity index (χ3v) is 3.46. The molecule has 1 atom stereocenters. The number of nitrogens with zero attached hydrogens (tertiary/aromatic N) is 2. The number of rotatable bonds is 1. The van der Waals surface area contributed by atoms with Crippen LogP contribution in [0.5, 0.6) is 0 Å². The van der Waals surface area contributed by atoms with Gasteiger partial charge in [-0.2, -0.15) is 5.26 Å². The number of hydrogen-bond acceptors (Lipinski definition) is 2. The smallest absolute Gasteiger partial charge is 0.232 e. The minimum Gasteiger partial charge on any atom is -0.309 e. The first kappa shape index (κ1) is 13.5. The van der Waals surface area contributed by atoms with Crippen LogP contribution in [-0.4, -0.2) is 11.9 Å². The zero-order chi connectivity index (χ0) is 14.4. The standard InChI is InChI=1S/C14H14F2N2O/c1-8-6-14(2,3)13(19)18(8)9-4-11(15)10(7-17)12(16)5-9/h4-5,8H,6H2,1-3H3/t8-/m0/s1. The highest BCUT2D eigenvalue weighted by Crippen LogP contribution is 2.38. The van der Waals surface area contributed by atoms with Gasteiger partial charge in [0, 0.05) is 17.1 Å². The number of halogens is 2. The van der Waals surface area contributed by atoms with Crippen molar-refractivity contribution >= 4 is 11.6 Å². The van der Waals surface area contributed by atoms with E-state index in [9.17, 15) is 13.6 Å². The van der Waals surface area contributed by atoms with Gasteiger partial charge in [-0.05, 0) is 25.5 Å². The lowest BCUT2D eigenvalue weighted by Crippen LogP contribution is -2.34. The number of benzene rings is 1. The summed E-state index contributed by atoms with van der Waals surface area (Å²) in [7, 11) is 0. The van der Waals surface area contributed by atoms with Gasteiger partial charge in [0.2, 0.25) is 5.91 Å². The van der Waals surface area contributed by atoms with Gasteiger partial charge in [0.25, 0.3) is 0 Å². The molecule has 0 unspecified atom stereocenters. The predicted molar refractivity (Wildman–Crippen MR) is 66.4 cm³/mol. The number of nitriles is 1. The Balaban J connectivity index is 2.50. The Hall–Kier alpha value is -1.96. The van der Waals surface area contributed by atoms with Gasteiger partial charge in [0.05, 0.1) is 0 Å². The molecule has 1 aliphatic rings. The lowest BCUT2D eigenvalue weighted by molar-refractivity contribution is -0.124. The van der Waals surface area contributed by atoms with E-state index in [4.69, 9.17) is 5.26 Å². The highest BCUT2D eigenvalue weighted by atomic mass is 19.1. The molecule has 2 rings (SSSR count). The van der Waals surface area contributed by atoms with E-state index < -0.39 is 22.6 Å². The normalized spacial score (nSPS) is 21.6. The molecule has 100 valence electrons. The van der Waals surface area contributed by atoms with E-state index in [2.05, 4.69) is 0 Å². The molecule has 5 heteroatoms. The van der Waals surface area contributed by atoms with Crippen LogP contribution in [0.4, 0.5) is 14.5 Å². The van der Waals surface area contributed by atoms with Gasteiger partial charge in [-0.3, -0.25) is 4.79 Å². The third-order valence-electron chi connectivity index (χ3n) is 3.46. The lowest BCUT2D eigenvalue weighted by Gasteiger charge is -2.23. The van der Waals surface area contributed by atoms with Crippen LogP contribution in [0, 0.1) is 28.4 Å². The molecule has 1 fully saturated rings. The van der Waals surface area contributed by atoms with E-state index in [-0.39, 0.29) is 17.6 Å². The zero-order valence-corrected chi connectivity index (χ0v) is 11.0. The molecule has 0 N–H and O–H groups in total. The number of hydrogen-bond donors (Lipinski definition) is 0. The van der Waals surface area contributed by atoms with Gasteiger partial charge in [0.1, 0.15) is 23.3 Å². The van der Waals surface area contributed by atoms with Crippen molar-refractivity contribution in [2.24, 2.45) is 5.41 Å². The Kier molecular flexibility index (Phi) is 3.05. The minimum atomic E-state index is -0.942. The van der Waals surface area contributed by atoms with E-state index in [0.717, 1.165) is 12.1 Å². The van der Waals surface area contributed by atoms with E-state index in [1.165, 1.54) is 11.0 Å². The summed E-state index contributed by atoms with van der Waals surface area (Å²) in [6.45, 7) is 5.45. The third kappa shape index (κ3) is 2.07. The van der Waals surface area contributed by atoms with Gasteiger partial charge < -0.3 is 4.90 Å². The van der Waals surface area contributed by atoms with E-state index in [0.29, 0.717) is 6.42 Å². The van der Waals surface area contributed by atoms with Crippen molar-refractivity contribution in [3.8, 4) is 6.07 Å². The van der Waals surface area contributed by atoms with Crippen LogP contribution in [0.1, 0.15) is 32.8 Å². The fourth-order valence-corrected chi connectivity index (χ4v) is 2.62. The number of amides is 1. The van der Waals surface area contributed by atoms with Gasteiger partial charge in [-0.25, -0.2) is 8.78 Å². The predicted octanol–water partition coefficient (Wildman–Crippen LogP) is 2.99. The van der Waals surface area contributed by atoms with Crippen LogP contribution in [0.25, 0.3) is 0 Å². The monoisotopic (exact) mass is 264 g/mol. The number of carbonyl (C=O) groups is 1. The lowest BCUT2D eigenvalue weighted by atomic mass is 9.90. The summed E-state index contributed by atoms with van der Waals surface area (Å²) < 4.78 is 27.2. The molecule has 1 amide bonds. The Morgan fingerprint density at radius 3 is 2.26 bits per heavy atom. The first-order valence-electron chi connectivity index (χ1n) is 6.00. The van der Waals surface area contributed by atoms with Crippen molar-refractivity contribution in [2.45, 2.75) is 33.2 Å². The van der Waals surface area contributed by atoms with Gasteiger partial charge in [-0.15, -0.1) is 0 Å². The highest BCUT2D eigenvalue weighted by molar-refractivity contribution is 6.00. The molecule has 0 spiro atoms. The molecule has 0 saturated carbocycles. The Morgan fingerprint density at radius 1 is 1.37 bits per heavy atom. The number of carbonyl (C=O) groups excluding carboxylic acids is 1. The molecule has 0 bridgehead atoms. The van der Waals surface area contributed by atoms with E-state index >= 15 is 0 Å². The Labute approximate surface area is 110 Å². The first-order chi connectivity index (χ1) is 8.77. The molecular weight excluding hydrogens is 250 g/mol. The molecule has 1 heterocycles. The summed E-state index contributed by atoms with van der Waals surface area (Å²) in [4.78, 5) is 13.6. The second-order valence-corrected chi connectivity index (χ2v) is 5.51. The fourth-order valence-electron chi connectivity index (χ4n) is 2.62. The summed E-state index contributed by atoms with van der Waals surface area (Å²) in [6.07, 6.45) is 0.620. The average Bonchev–Trinajstić information content (AvgIpc) is 2.47. The van der Waals surface area contributed by atoms with Crippen LogP contribution < -0.4 is 4.90 Å². The molecule has 0 aliphatic carbocycles. The zero-order valence-electron chi connectivity index (χ0n) is 11.0. The van der Waals surface area contributed by atoms with Crippen molar-refractivity contribution < 1.29 is 13.6 Å². The van der Waals surface area contributed by atoms with Crippen LogP contribution >= 0.6 is 0 Å². The maximum Gasteiger partial charge on any atom is 0.232 e. The summed E-state index contributed by atoms with van der Waals surface area (Å²) in [5.41, 5.74) is -1.00. The van der Waals surface area contributed by atoms with Crippen molar-refractivity contribution in [2.75, 3.05) is 4.90 Å². The molecule has 1 aromatic rings. The van der Waals surface area contributed by atoms with Crippen LogP contribution in [0.15, 0.2) is 12.1 Å². The Bertz CT molecular complexity index is 567. The second kappa shape index (κ2) is 4.30. The first-order valence-corrected chi connectivity index (χ1v) is 6.00. The summed E-state index contributed by atoms with van der Waals surface area (Å²) in [6, 6.07) is 3.41. The van der Waals surface area contributed by atoms with E-state index in [1.54, 1.807) is 0 Å². The Morgan fingerprint density at radius 2 is 1.89 bits per heavy atom. The largest absolute Gasteiger partial charge is 0.309 e. The molecule has 3 nitrogen and oxygen atoms in total. The van der Waals surface area contributed by atoms with Crippen molar-refractivity contribution in [3.63, 3.8) is 0 Å². The SMILES string of the molecule is C[C@H]1CC(C)(C)C(=O)N1c1cc(F)c(C#N)c(F)c1. The number of anilines is 1. The van der Waals surface area contributed by atoms with Crippen molar-refractivity contribution in [3.05, 3.63) is 29.3 Å². The maximum atomic E-state index is 13.6. The topological polar surface area (TPSA) is 44.1 Å². The van der Waals surface area contributed by atoms with Gasteiger partial charge in [0.15, 0.2) is 0 Å².